The van der Waals surface area contributed by atoms with Crippen LogP contribution in [0.4, 0.5) is 17.5 Å². The van der Waals surface area contributed by atoms with Gasteiger partial charge in [0.15, 0.2) is 0 Å². The lowest BCUT2D eigenvalue weighted by molar-refractivity contribution is -0.123. The highest BCUT2D eigenvalue weighted by Crippen LogP contribution is 2.33. The topological polar surface area (TPSA) is 126 Å². The number of carbonyl (C=O) groups excluding carboxylic acids is 2. The summed E-state index contributed by atoms with van der Waals surface area (Å²) in [5.41, 5.74) is 0.142. The Morgan fingerprint density at radius 3 is 2.62 bits per heavy atom. The van der Waals surface area contributed by atoms with Gasteiger partial charge in [0, 0.05) is 25.6 Å². The van der Waals surface area contributed by atoms with Gasteiger partial charge >= 0.3 is 0 Å². The molecule has 170 valence electrons. The van der Waals surface area contributed by atoms with Gasteiger partial charge in [0.25, 0.3) is 5.56 Å². The van der Waals surface area contributed by atoms with E-state index in [2.05, 4.69) is 27.5 Å². The molecule has 2 aromatic rings. The molecule has 1 fully saturated rings. The fourth-order valence-electron chi connectivity index (χ4n) is 4.08. The predicted octanol–water partition coefficient (Wildman–Crippen LogP) is 2.09. The molecule has 0 aliphatic carbocycles. The third kappa shape index (κ3) is 4.25. The molecule has 0 saturated carbocycles. The summed E-state index contributed by atoms with van der Waals surface area (Å²) in [6.45, 7) is 3.75. The number of fused-ring (bicyclic) bond motifs is 1. The minimum atomic E-state index is -0.975. The molecule has 3 heterocycles. The van der Waals surface area contributed by atoms with Gasteiger partial charge in [0.05, 0.1) is 31.4 Å². The van der Waals surface area contributed by atoms with Crippen molar-refractivity contribution in [1.29, 1.82) is 0 Å². The molecular weight excluding hydrogens is 414 g/mol. The van der Waals surface area contributed by atoms with Crippen LogP contribution in [0.5, 0.6) is 11.5 Å². The average molecular weight is 441 g/mol. The second kappa shape index (κ2) is 8.89. The molecule has 1 aromatic carbocycles. The number of anilines is 3. The number of benzene rings is 1. The maximum atomic E-state index is 13.1. The Hall–Kier alpha value is -3.56. The number of H-pyrrole nitrogens is 1. The largest absolute Gasteiger partial charge is 0.497 e. The number of methoxy groups -OCH3 is 2. The SMILES string of the molecule is COc1ccc(NC(=O)[C@@H]2CC(=O)Nc3nc(N4CCC(C)CC4)[nH]c(=O)c32)c(OC)c1. The molecule has 0 unspecified atom stereocenters. The highest BCUT2D eigenvalue weighted by Gasteiger charge is 2.35. The van der Waals surface area contributed by atoms with Gasteiger partial charge in [-0.1, -0.05) is 6.92 Å². The Morgan fingerprint density at radius 1 is 1.19 bits per heavy atom. The molecule has 10 nitrogen and oxygen atoms in total. The van der Waals surface area contributed by atoms with Gasteiger partial charge in [-0.25, -0.2) is 0 Å². The predicted molar refractivity (Wildman–Crippen MR) is 120 cm³/mol. The number of rotatable bonds is 5. The molecule has 2 aliphatic heterocycles. The highest BCUT2D eigenvalue weighted by molar-refractivity contribution is 6.05. The Morgan fingerprint density at radius 2 is 1.94 bits per heavy atom. The molecule has 4 rings (SSSR count). The van der Waals surface area contributed by atoms with Crippen LogP contribution < -0.4 is 30.6 Å². The van der Waals surface area contributed by atoms with E-state index in [-0.39, 0.29) is 23.7 Å². The van der Waals surface area contributed by atoms with Crippen LogP contribution in [0.25, 0.3) is 0 Å². The van der Waals surface area contributed by atoms with Crippen molar-refractivity contribution in [2.45, 2.75) is 32.1 Å². The summed E-state index contributed by atoms with van der Waals surface area (Å²) in [6, 6.07) is 4.96. The first kappa shape index (κ1) is 21.7. The number of hydrogen-bond acceptors (Lipinski definition) is 7. The molecule has 1 aromatic heterocycles. The van der Waals surface area contributed by atoms with Crippen LogP contribution >= 0.6 is 0 Å². The summed E-state index contributed by atoms with van der Waals surface area (Å²) >= 11 is 0. The van der Waals surface area contributed by atoms with Gasteiger partial charge in [-0.3, -0.25) is 19.4 Å². The van der Waals surface area contributed by atoms with Crippen LogP contribution in [-0.4, -0.2) is 49.1 Å². The molecule has 1 atom stereocenters. The third-order valence-corrected chi connectivity index (χ3v) is 6.00. The zero-order valence-corrected chi connectivity index (χ0v) is 18.4. The third-order valence-electron chi connectivity index (χ3n) is 6.00. The second-order valence-electron chi connectivity index (χ2n) is 8.18. The first-order chi connectivity index (χ1) is 15.4. The van der Waals surface area contributed by atoms with Crippen LogP contribution in [0, 0.1) is 5.92 Å². The van der Waals surface area contributed by atoms with Crippen molar-refractivity contribution in [3.8, 4) is 11.5 Å². The van der Waals surface area contributed by atoms with Gasteiger partial charge in [0.1, 0.15) is 17.3 Å². The molecule has 0 bridgehead atoms. The van der Waals surface area contributed by atoms with E-state index in [4.69, 9.17) is 9.47 Å². The standard InChI is InChI=1S/C22H27N5O5/c1-12-6-8-27(9-7-12)22-25-19-18(21(30)26-22)14(11-17(28)24-19)20(29)23-15-5-4-13(31-2)10-16(15)32-3/h4-5,10,12,14H,6-9,11H2,1-3H3,(H,23,29)(H2,24,25,26,28,30)/t14-/m1/s1. The first-order valence-corrected chi connectivity index (χ1v) is 10.6. The van der Waals surface area contributed by atoms with Crippen molar-refractivity contribution < 1.29 is 19.1 Å². The number of nitrogens with zero attached hydrogens (tertiary/aromatic N) is 2. The summed E-state index contributed by atoms with van der Waals surface area (Å²) in [4.78, 5) is 47.7. The molecule has 2 aliphatic rings. The second-order valence-corrected chi connectivity index (χ2v) is 8.18. The normalized spacial score (nSPS) is 18.5. The summed E-state index contributed by atoms with van der Waals surface area (Å²) in [5, 5.41) is 5.42. The van der Waals surface area contributed by atoms with Crippen LogP contribution in [0.1, 0.15) is 37.7 Å². The van der Waals surface area contributed by atoms with E-state index in [0.29, 0.717) is 29.1 Å². The minimum absolute atomic E-state index is 0.139. The zero-order chi connectivity index (χ0) is 22.8. The fraction of sp³-hybridized carbons (Fsp3) is 0.455. The van der Waals surface area contributed by atoms with E-state index in [1.807, 2.05) is 4.90 Å². The number of ether oxygens (including phenoxy) is 2. The number of nitrogens with one attached hydrogen (secondary N) is 3. The molecular formula is C22H27N5O5. The molecule has 32 heavy (non-hydrogen) atoms. The molecule has 2 amide bonds. The van der Waals surface area contributed by atoms with E-state index in [0.717, 1.165) is 25.9 Å². The maximum absolute atomic E-state index is 13.1. The Balaban J connectivity index is 1.62. The van der Waals surface area contributed by atoms with Crippen molar-refractivity contribution >= 4 is 29.3 Å². The van der Waals surface area contributed by atoms with Crippen LogP contribution in [0.15, 0.2) is 23.0 Å². The number of aromatic nitrogens is 2. The number of hydrogen-bond donors (Lipinski definition) is 3. The van der Waals surface area contributed by atoms with E-state index >= 15 is 0 Å². The van der Waals surface area contributed by atoms with Gasteiger partial charge in [-0.2, -0.15) is 4.98 Å². The van der Waals surface area contributed by atoms with Gasteiger partial charge in [-0.05, 0) is 30.9 Å². The van der Waals surface area contributed by atoms with Crippen LogP contribution in [-0.2, 0) is 9.59 Å². The number of amides is 2. The van der Waals surface area contributed by atoms with Gasteiger partial charge in [-0.15, -0.1) is 0 Å². The summed E-state index contributed by atoms with van der Waals surface area (Å²) < 4.78 is 10.5. The number of carbonyl (C=O) groups is 2. The molecule has 3 N–H and O–H groups in total. The molecule has 10 heteroatoms. The van der Waals surface area contributed by atoms with E-state index in [9.17, 15) is 14.4 Å². The summed E-state index contributed by atoms with van der Waals surface area (Å²) in [5.74, 6) is 0.323. The quantitative estimate of drug-likeness (QED) is 0.649. The molecule has 0 radical (unpaired) electrons. The van der Waals surface area contributed by atoms with Crippen LogP contribution in [0.3, 0.4) is 0 Å². The number of aromatic amines is 1. The maximum Gasteiger partial charge on any atom is 0.258 e. The Labute approximate surface area is 185 Å². The lowest BCUT2D eigenvalue weighted by atomic mass is 9.92. The van der Waals surface area contributed by atoms with Crippen molar-refractivity contribution in [1.82, 2.24) is 9.97 Å². The molecule has 0 spiro atoms. The summed E-state index contributed by atoms with van der Waals surface area (Å²) in [6.07, 6.45) is 1.85. The van der Waals surface area contributed by atoms with Gasteiger partial charge in [0.2, 0.25) is 17.8 Å². The fourth-order valence-corrected chi connectivity index (χ4v) is 4.08. The lowest BCUT2D eigenvalue weighted by Crippen LogP contribution is -2.39. The van der Waals surface area contributed by atoms with E-state index < -0.39 is 17.4 Å². The average Bonchev–Trinajstić information content (AvgIpc) is 2.78. The van der Waals surface area contributed by atoms with Crippen molar-refractivity contribution in [2.75, 3.05) is 42.8 Å². The van der Waals surface area contributed by atoms with Crippen molar-refractivity contribution in [3.05, 3.63) is 34.1 Å². The molecule has 1 saturated heterocycles. The Bertz CT molecular complexity index is 1090. The highest BCUT2D eigenvalue weighted by atomic mass is 16.5. The monoisotopic (exact) mass is 441 g/mol. The Kier molecular flexibility index (Phi) is 6.02. The zero-order valence-electron chi connectivity index (χ0n) is 18.4. The summed E-state index contributed by atoms with van der Waals surface area (Å²) in [7, 11) is 3.01. The van der Waals surface area contributed by atoms with Crippen molar-refractivity contribution in [3.63, 3.8) is 0 Å². The number of piperidine rings is 1. The van der Waals surface area contributed by atoms with E-state index in [1.165, 1.54) is 14.2 Å². The smallest absolute Gasteiger partial charge is 0.258 e. The van der Waals surface area contributed by atoms with Gasteiger partial charge < -0.3 is 25.0 Å². The lowest BCUT2D eigenvalue weighted by Gasteiger charge is -2.31. The van der Waals surface area contributed by atoms with Crippen molar-refractivity contribution in [2.24, 2.45) is 5.92 Å². The van der Waals surface area contributed by atoms with E-state index in [1.54, 1.807) is 18.2 Å². The van der Waals surface area contributed by atoms with Crippen LogP contribution in [0.2, 0.25) is 0 Å². The minimum Gasteiger partial charge on any atom is -0.497 e. The first-order valence-electron chi connectivity index (χ1n) is 10.6.